The van der Waals surface area contributed by atoms with Crippen molar-refractivity contribution in [3.8, 4) is 5.75 Å². The van der Waals surface area contributed by atoms with Crippen LogP contribution in [0, 0.1) is 0 Å². The van der Waals surface area contributed by atoms with Crippen molar-refractivity contribution in [3.05, 3.63) is 35.6 Å². The molecule has 2 aliphatic heterocycles. The monoisotopic (exact) mass is 376 g/mol. The summed E-state index contributed by atoms with van der Waals surface area (Å²) in [4.78, 5) is 2.24. The number of halogens is 1. The topological polar surface area (TPSA) is 43.0 Å². The molecule has 2 heterocycles. The maximum Gasteiger partial charge on any atom is 0.525 e. The van der Waals surface area contributed by atoms with Crippen molar-refractivity contribution in [2.45, 2.75) is 38.9 Å². The predicted octanol–water partition coefficient (Wildman–Crippen LogP) is 2.91. The second-order valence-electron chi connectivity index (χ2n) is 8.14. The van der Waals surface area contributed by atoms with Crippen molar-refractivity contribution < 1.29 is 18.4 Å². The predicted molar refractivity (Wildman–Crippen MR) is 106 cm³/mol. The lowest BCUT2D eigenvalue weighted by Gasteiger charge is -2.32. The Morgan fingerprint density at radius 1 is 1.15 bits per heavy atom. The Labute approximate surface area is 162 Å². The van der Waals surface area contributed by atoms with Gasteiger partial charge in [-0.15, -0.1) is 0 Å². The van der Waals surface area contributed by atoms with Crippen molar-refractivity contribution in [2.24, 2.45) is 0 Å². The van der Waals surface area contributed by atoms with E-state index in [2.05, 4.69) is 10.2 Å². The molecule has 0 bridgehead atoms. The molecule has 0 saturated carbocycles. The molecule has 2 aliphatic rings. The number of ether oxygens (including phenoxy) is 1. The zero-order valence-electron chi connectivity index (χ0n) is 17.0. The molecule has 0 radical (unpaired) electrons. The number of para-hydroxylation sites is 1. The number of benzene rings is 1. The first-order valence-corrected chi connectivity index (χ1v) is 9.56. The van der Waals surface area contributed by atoms with Crippen LogP contribution in [0.25, 0.3) is 5.57 Å². The third-order valence-electron chi connectivity index (χ3n) is 5.77. The zero-order valence-corrected chi connectivity index (χ0v) is 17.0. The lowest BCUT2D eigenvalue weighted by molar-refractivity contribution is 0.00578. The molecule has 0 amide bonds. The molecule has 1 aromatic rings. The Morgan fingerprint density at radius 2 is 1.74 bits per heavy atom. The summed E-state index contributed by atoms with van der Waals surface area (Å²) in [7, 11) is 0.589. The maximum absolute atomic E-state index is 15.7. The van der Waals surface area contributed by atoms with Gasteiger partial charge in [0.05, 0.1) is 18.3 Å². The number of methoxy groups -OCH3 is 1. The quantitative estimate of drug-likeness (QED) is 0.801. The fraction of sp³-hybridized carbons (Fsp3) is 0.600. The van der Waals surface area contributed by atoms with E-state index in [9.17, 15) is 0 Å². The number of piperazine rings is 1. The largest absolute Gasteiger partial charge is 0.525 e. The fourth-order valence-corrected chi connectivity index (χ4v) is 3.36. The Hall–Kier alpha value is -1.41. The van der Waals surface area contributed by atoms with Crippen LogP contribution in [0.15, 0.2) is 30.0 Å². The highest BCUT2D eigenvalue weighted by Gasteiger charge is 2.53. The normalized spacial score (nSPS) is 23.3. The van der Waals surface area contributed by atoms with Crippen LogP contribution >= 0.6 is 0 Å². The van der Waals surface area contributed by atoms with E-state index in [4.69, 9.17) is 14.0 Å². The van der Waals surface area contributed by atoms with Gasteiger partial charge in [0.2, 0.25) is 0 Å². The van der Waals surface area contributed by atoms with Gasteiger partial charge in [0.15, 0.2) is 0 Å². The highest BCUT2D eigenvalue weighted by Crippen LogP contribution is 2.41. The molecule has 2 fully saturated rings. The molecule has 0 aromatic heterocycles. The third kappa shape index (κ3) is 4.21. The van der Waals surface area contributed by atoms with Crippen molar-refractivity contribution >= 4 is 12.7 Å². The summed E-state index contributed by atoms with van der Waals surface area (Å²) in [6.45, 7) is 11.7. The van der Waals surface area contributed by atoms with Crippen molar-refractivity contribution in [1.82, 2.24) is 10.2 Å². The standard InChI is InChI=1S/C20H30BFN2O3/c1-19(2)20(3,4)27-21(26-19)18(22)16(14-24-12-10-23-11-13-24)15-8-6-7-9-17(15)25-5/h6-9,23H,10-14H2,1-5H3. The highest BCUT2D eigenvalue weighted by molar-refractivity contribution is 6.55. The number of hydrogen-bond donors (Lipinski definition) is 1. The number of nitrogens with zero attached hydrogens (tertiary/aromatic N) is 1. The van der Waals surface area contributed by atoms with Gasteiger partial charge in [-0.3, -0.25) is 4.90 Å². The van der Waals surface area contributed by atoms with Gasteiger partial charge in [0.25, 0.3) is 0 Å². The molecule has 0 atom stereocenters. The van der Waals surface area contributed by atoms with Crippen LogP contribution in [0.2, 0.25) is 0 Å². The van der Waals surface area contributed by atoms with Gasteiger partial charge in [-0.25, -0.2) is 4.39 Å². The van der Waals surface area contributed by atoms with E-state index >= 15 is 4.39 Å². The third-order valence-corrected chi connectivity index (χ3v) is 5.77. The average molecular weight is 376 g/mol. The smallest absolute Gasteiger partial charge is 0.496 e. The molecule has 0 aliphatic carbocycles. The molecular formula is C20H30BFN2O3. The van der Waals surface area contributed by atoms with E-state index in [-0.39, 0.29) is 5.73 Å². The molecule has 148 valence electrons. The summed E-state index contributed by atoms with van der Waals surface area (Å²) in [6.07, 6.45) is 0. The minimum absolute atomic E-state index is 0.378. The Balaban J connectivity index is 1.99. The van der Waals surface area contributed by atoms with Crippen LogP contribution in [-0.4, -0.2) is 63.1 Å². The molecule has 2 saturated heterocycles. The van der Waals surface area contributed by atoms with E-state index < -0.39 is 18.3 Å². The molecule has 3 rings (SSSR count). The van der Waals surface area contributed by atoms with E-state index in [1.165, 1.54) is 0 Å². The van der Waals surface area contributed by atoms with E-state index in [0.29, 0.717) is 17.9 Å². The number of hydrogen-bond acceptors (Lipinski definition) is 5. The second-order valence-corrected chi connectivity index (χ2v) is 8.14. The molecule has 27 heavy (non-hydrogen) atoms. The Kier molecular flexibility index (Phi) is 5.96. The van der Waals surface area contributed by atoms with Gasteiger partial charge in [-0.05, 0) is 33.8 Å². The van der Waals surface area contributed by atoms with Crippen LogP contribution in [-0.2, 0) is 9.31 Å². The molecular weight excluding hydrogens is 346 g/mol. The SMILES string of the molecule is COc1ccccc1C(CN1CCNCC1)=C(F)B1OC(C)(C)C(C)(C)O1. The second kappa shape index (κ2) is 7.91. The van der Waals surface area contributed by atoms with Crippen LogP contribution < -0.4 is 10.1 Å². The Bertz CT molecular complexity index is 686. The molecule has 7 heteroatoms. The first kappa shape index (κ1) is 20.3. The van der Waals surface area contributed by atoms with Crippen LogP contribution in [0.3, 0.4) is 0 Å². The maximum atomic E-state index is 15.7. The Morgan fingerprint density at radius 3 is 2.33 bits per heavy atom. The van der Waals surface area contributed by atoms with Crippen molar-refractivity contribution in [3.63, 3.8) is 0 Å². The lowest BCUT2D eigenvalue weighted by Crippen LogP contribution is -2.44. The fourth-order valence-electron chi connectivity index (χ4n) is 3.36. The summed E-state index contributed by atoms with van der Waals surface area (Å²) < 4.78 is 33.2. The minimum Gasteiger partial charge on any atom is -0.496 e. The summed E-state index contributed by atoms with van der Waals surface area (Å²) >= 11 is 0. The zero-order chi connectivity index (χ0) is 19.7. The van der Waals surface area contributed by atoms with E-state index in [1.54, 1.807) is 7.11 Å². The van der Waals surface area contributed by atoms with Crippen LogP contribution in [0.1, 0.15) is 33.3 Å². The van der Waals surface area contributed by atoms with Crippen LogP contribution in [0.4, 0.5) is 4.39 Å². The van der Waals surface area contributed by atoms with Gasteiger partial charge >= 0.3 is 7.12 Å². The summed E-state index contributed by atoms with van der Waals surface area (Å²) in [5.74, 6) is 0.648. The minimum atomic E-state index is -1.02. The number of rotatable bonds is 5. The summed E-state index contributed by atoms with van der Waals surface area (Å²) in [5.41, 5.74) is -0.249. The highest BCUT2D eigenvalue weighted by atomic mass is 19.1. The summed E-state index contributed by atoms with van der Waals surface area (Å²) in [6, 6.07) is 7.52. The first-order chi connectivity index (χ1) is 12.7. The molecule has 1 N–H and O–H groups in total. The molecule has 0 spiro atoms. The summed E-state index contributed by atoms with van der Waals surface area (Å²) in [5, 5.41) is 3.33. The average Bonchev–Trinajstić information content (AvgIpc) is 2.87. The van der Waals surface area contributed by atoms with Crippen molar-refractivity contribution in [1.29, 1.82) is 0 Å². The van der Waals surface area contributed by atoms with Gasteiger partial charge in [-0.2, -0.15) is 0 Å². The van der Waals surface area contributed by atoms with Gasteiger partial charge in [0, 0.05) is 43.9 Å². The number of nitrogens with one attached hydrogen (secondary N) is 1. The van der Waals surface area contributed by atoms with Gasteiger partial charge < -0.3 is 19.4 Å². The van der Waals surface area contributed by atoms with Gasteiger partial charge in [0.1, 0.15) is 11.5 Å². The molecule has 0 unspecified atom stereocenters. The molecule has 5 nitrogen and oxygen atoms in total. The van der Waals surface area contributed by atoms with E-state index in [1.807, 2.05) is 52.0 Å². The van der Waals surface area contributed by atoms with Crippen molar-refractivity contribution in [2.75, 3.05) is 39.8 Å². The van der Waals surface area contributed by atoms with Gasteiger partial charge in [-0.1, -0.05) is 18.2 Å². The van der Waals surface area contributed by atoms with E-state index in [0.717, 1.165) is 31.7 Å². The lowest BCUT2D eigenvalue weighted by atomic mass is 9.82. The molecule has 1 aromatic carbocycles. The van der Waals surface area contributed by atoms with Crippen LogP contribution in [0.5, 0.6) is 5.75 Å². The first-order valence-electron chi connectivity index (χ1n) is 9.56.